The van der Waals surface area contributed by atoms with E-state index in [2.05, 4.69) is 22.2 Å². The number of aliphatic hydroxyl groups is 1. The maximum atomic E-state index is 13.7. The minimum Gasteiger partial charge on any atom is -0.493 e. The van der Waals surface area contributed by atoms with Crippen LogP contribution >= 0.6 is 0 Å². The molecule has 2 aromatic rings. The Balaban J connectivity index is 1.51. The van der Waals surface area contributed by atoms with Gasteiger partial charge in [0, 0.05) is 51.4 Å². The van der Waals surface area contributed by atoms with E-state index in [1.807, 2.05) is 12.1 Å². The number of hydrogen-bond acceptors (Lipinski definition) is 6. The fourth-order valence-electron chi connectivity index (χ4n) is 3.53. The summed E-state index contributed by atoms with van der Waals surface area (Å²) >= 11 is 0. The van der Waals surface area contributed by atoms with Crippen LogP contribution in [0.25, 0.3) is 0 Å². The molecule has 2 N–H and O–H groups in total. The van der Waals surface area contributed by atoms with Gasteiger partial charge < -0.3 is 24.8 Å². The molecule has 1 fully saturated rings. The van der Waals surface area contributed by atoms with Gasteiger partial charge in [0.15, 0.2) is 11.5 Å². The molecule has 0 saturated carbocycles. The van der Waals surface area contributed by atoms with Crippen molar-refractivity contribution in [1.82, 2.24) is 15.1 Å². The molecule has 1 saturated heterocycles. The Kier molecular flexibility index (Phi) is 8.60. The maximum Gasteiger partial charge on any atom is 0.161 e. The summed E-state index contributed by atoms with van der Waals surface area (Å²) in [4.78, 5) is 4.50. The number of β-amino-alcohol motifs (C(OH)–C–C–N with tert-alkyl or cyclic N) is 1. The Labute approximate surface area is 182 Å². The topological polar surface area (TPSA) is 57.2 Å². The van der Waals surface area contributed by atoms with Crippen LogP contribution < -0.4 is 14.8 Å². The zero-order valence-electron chi connectivity index (χ0n) is 18.1. The van der Waals surface area contributed by atoms with Gasteiger partial charge >= 0.3 is 0 Å². The molecule has 0 spiro atoms. The van der Waals surface area contributed by atoms with Crippen molar-refractivity contribution in [3.63, 3.8) is 0 Å². The van der Waals surface area contributed by atoms with Crippen LogP contribution in [0.3, 0.4) is 0 Å². The normalized spacial score (nSPS) is 16.3. The second kappa shape index (κ2) is 11.4. The predicted octanol–water partition coefficient (Wildman–Crippen LogP) is 2.25. The number of nitrogens with zero attached hydrogens (tertiary/aromatic N) is 2. The number of rotatable bonds is 10. The van der Waals surface area contributed by atoms with Gasteiger partial charge in [0.1, 0.15) is 24.3 Å². The first-order chi connectivity index (χ1) is 14.9. The number of likely N-dealkylation sites (N-methyl/N-ethyl adjacent to an activating group) is 1. The lowest BCUT2D eigenvalue weighted by atomic mass is 10.1. The van der Waals surface area contributed by atoms with Gasteiger partial charge in [-0.2, -0.15) is 0 Å². The molecule has 0 amide bonds. The van der Waals surface area contributed by atoms with Crippen molar-refractivity contribution in [3.05, 3.63) is 59.2 Å². The highest BCUT2D eigenvalue weighted by atomic mass is 19.1. The van der Waals surface area contributed by atoms with E-state index >= 15 is 0 Å². The molecule has 8 heteroatoms. The van der Waals surface area contributed by atoms with Crippen LogP contribution in [0.4, 0.5) is 8.78 Å². The van der Waals surface area contributed by atoms with Crippen LogP contribution in [0.15, 0.2) is 36.4 Å². The third kappa shape index (κ3) is 7.14. The van der Waals surface area contributed by atoms with E-state index in [1.165, 1.54) is 6.07 Å². The molecule has 31 heavy (non-hydrogen) atoms. The number of halogens is 2. The predicted molar refractivity (Wildman–Crippen MR) is 115 cm³/mol. The van der Waals surface area contributed by atoms with Crippen LogP contribution in [0.1, 0.15) is 11.1 Å². The average Bonchev–Trinajstić information content (AvgIpc) is 2.76. The first-order valence-electron chi connectivity index (χ1n) is 10.5. The fourth-order valence-corrected chi connectivity index (χ4v) is 3.53. The van der Waals surface area contributed by atoms with E-state index in [0.29, 0.717) is 24.6 Å². The maximum absolute atomic E-state index is 13.7. The van der Waals surface area contributed by atoms with Gasteiger partial charge in [0.25, 0.3) is 0 Å². The molecular weight excluding hydrogens is 404 g/mol. The van der Waals surface area contributed by atoms with Crippen LogP contribution in [-0.4, -0.2) is 74.5 Å². The summed E-state index contributed by atoms with van der Waals surface area (Å²) in [5, 5.41) is 13.5. The van der Waals surface area contributed by atoms with Crippen molar-refractivity contribution in [2.24, 2.45) is 0 Å². The van der Waals surface area contributed by atoms with Crippen LogP contribution in [0.2, 0.25) is 0 Å². The van der Waals surface area contributed by atoms with Crippen LogP contribution in [0, 0.1) is 11.6 Å². The highest BCUT2D eigenvalue weighted by Crippen LogP contribution is 2.28. The molecule has 6 nitrogen and oxygen atoms in total. The van der Waals surface area contributed by atoms with E-state index in [1.54, 1.807) is 13.2 Å². The molecule has 1 aliphatic rings. The second-order valence-corrected chi connectivity index (χ2v) is 7.89. The molecule has 0 radical (unpaired) electrons. The third-order valence-corrected chi connectivity index (χ3v) is 5.38. The first kappa shape index (κ1) is 23.4. The monoisotopic (exact) mass is 435 g/mol. The van der Waals surface area contributed by atoms with Crippen molar-refractivity contribution in [3.8, 4) is 11.5 Å². The quantitative estimate of drug-likeness (QED) is 0.597. The van der Waals surface area contributed by atoms with E-state index < -0.39 is 17.7 Å². The van der Waals surface area contributed by atoms with Crippen molar-refractivity contribution in [1.29, 1.82) is 0 Å². The van der Waals surface area contributed by atoms with E-state index in [-0.39, 0.29) is 18.7 Å². The molecule has 170 valence electrons. The van der Waals surface area contributed by atoms with Gasteiger partial charge in [-0.1, -0.05) is 6.07 Å². The smallest absolute Gasteiger partial charge is 0.161 e. The Morgan fingerprint density at radius 2 is 1.81 bits per heavy atom. The molecular formula is C23H31F2N3O3. The summed E-state index contributed by atoms with van der Waals surface area (Å²) in [6.45, 7) is 5.24. The van der Waals surface area contributed by atoms with Gasteiger partial charge in [-0.3, -0.25) is 4.90 Å². The number of aliphatic hydroxyl groups excluding tert-OH is 1. The number of methoxy groups -OCH3 is 1. The summed E-state index contributed by atoms with van der Waals surface area (Å²) in [6, 6.07) is 8.91. The van der Waals surface area contributed by atoms with Gasteiger partial charge in [0.05, 0.1) is 7.11 Å². The summed E-state index contributed by atoms with van der Waals surface area (Å²) in [5.41, 5.74) is 1.18. The first-order valence-corrected chi connectivity index (χ1v) is 10.5. The van der Waals surface area contributed by atoms with E-state index in [0.717, 1.165) is 43.9 Å². The standard InChI is InChI=1S/C23H31F2N3O3/c1-27-7-9-28(10-8-27)15-20(29)16-31-23-11-17(3-6-22(23)30-2)13-26-14-18-12-19(24)4-5-21(18)25/h3-6,11-12,20,26,29H,7-10,13-16H2,1-2H3. The zero-order valence-corrected chi connectivity index (χ0v) is 18.1. The summed E-state index contributed by atoms with van der Waals surface area (Å²) in [6.07, 6.45) is -0.606. The minimum absolute atomic E-state index is 0.161. The van der Waals surface area contributed by atoms with Gasteiger partial charge in [0.2, 0.25) is 0 Å². The lowest BCUT2D eigenvalue weighted by molar-refractivity contribution is 0.0497. The number of hydrogen-bond donors (Lipinski definition) is 2. The zero-order chi connectivity index (χ0) is 22.2. The van der Waals surface area contributed by atoms with Crippen LogP contribution in [-0.2, 0) is 13.1 Å². The van der Waals surface area contributed by atoms with Crippen molar-refractivity contribution in [2.45, 2.75) is 19.2 Å². The molecule has 0 aromatic heterocycles. The minimum atomic E-state index is -0.606. The third-order valence-electron chi connectivity index (χ3n) is 5.38. The van der Waals surface area contributed by atoms with Gasteiger partial charge in [-0.05, 0) is 42.9 Å². The lowest BCUT2D eigenvalue weighted by Crippen LogP contribution is -2.47. The number of nitrogens with one attached hydrogen (secondary N) is 1. The average molecular weight is 436 g/mol. The fraction of sp³-hybridized carbons (Fsp3) is 0.478. The highest BCUT2D eigenvalue weighted by molar-refractivity contribution is 5.43. The number of ether oxygens (including phenoxy) is 2. The molecule has 1 atom stereocenters. The molecule has 0 aliphatic carbocycles. The highest BCUT2D eigenvalue weighted by Gasteiger charge is 2.18. The van der Waals surface area contributed by atoms with Crippen molar-refractivity contribution < 1.29 is 23.4 Å². The molecule has 0 bridgehead atoms. The molecule has 1 aliphatic heterocycles. The molecule has 2 aromatic carbocycles. The number of benzene rings is 2. The lowest BCUT2D eigenvalue weighted by Gasteiger charge is -2.33. The van der Waals surface area contributed by atoms with E-state index in [4.69, 9.17) is 9.47 Å². The van der Waals surface area contributed by atoms with Crippen molar-refractivity contribution >= 4 is 0 Å². The largest absolute Gasteiger partial charge is 0.493 e. The summed E-state index contributed by atoms with van der Waals surface area (Å²) in [7, 11) is 3.66. The van der Waals surface area contributed by atoms with Crippen molar-refractivity contribution in [2.75, 3.05) is 53.5 Å². The second-order valence-electron chi connectivity index (χ2n) is 7.89. The summed E-state index contributed by atoms with van der Waals surface area (Å²) in [5.74, 6) is 0.207. The Morgan fingerprint density at radius 3 is 2.55 bits per heavy atom. The molecule has 1 unspecified atom stereocenters. The van der Waals surface area contributed by atoms with Crippen LogP contribution in [0.5, 0.6) is 11.5 Å². The number of piperazine rings is 1. The SMILES string of the molecule is COc1ccc(CNCc2cc(F)ccc2F)cc1OCC(O)CN1CCN(C)CC1. The van der Waals surface area contributed by atoms with Gasteiger partial charge in [-0.25, -0.2) is 8.78 Å². The Hall–Kier alpha value is -2.26. The summed E-state index contributed by atoms with van der Waals surface area (Å²) < 4.78 is 38.3. The van der Waals surface area contributed by atoms with E-state index in [9.17, 15) is 13.9 Å². The molecule has 1 heterocycles. The van der Waals surface area contributed by atoms with Gasteiger partial charge in [-0.15, -0.1) is 0 Å². The Bertz CT molecular complexity index is 845. The Morgan fingerprint density at radius 1 is 1.03 bits per heavy atom. The molecule has 3 rings (SSSR count).